The molecule has 5 rings (SSSR count). The Hall–Kier alpha value is -2.93. The number of hydrogen-bond acceptors (Lipinski definition) is 5. The molecule has 0 unspecified atom stereocenters. The molecule has 4 heterocycles. The predicted octanol–water partition coefficient (Wildman–Crippen LogP) is 2.13. The van der Waals surface area contributed by atoms with E-state index in [1.54, 1.807) is 24.4 Å². The van der Waals surface area contributed by atoms with E-state index in [2.05, 4.69) is 9.88 Å². The molecule has 27 heavy (non-hydrogen) atoms. The van der Waals surface area contributed by atoms with Crippen molar-refractivity contribution in [1.29, 1.82) is 0 Å². The summed E-state index contributed by atoms with van der Waals surface area (Å²) in [7, 11) is 0. The molecule has 0 aliphatic carbocycles. The second-order valence-corrected chi connectivity index (χ2v) is 6.99. The molecule has 7 nitrogen and oxygen atoms in total. The lowest BCUT2D eigenvalue weighted by Crippen LogP contribution is -2.43. The van der Waals surface area contributed by atoms with Gasteiger partial charge in [0, 0.05) is 50.2 Å². The molecule has 3 saturated heterocycles. The Balaban J connectivity index is 1.45. The fraction of sp³-hybridized carbons (Fsp3) is 0.350. The highest BCUT2D eigenvalue weighted by molar-refractivity contribution is 5.93. The number of pyridine rings is 1. The molecule has 2 aromatic rings. The van der Waals surface area contributed by atoms with Crippen LogP contribution in [0.5, 0.6) is 5.75 Å². The first-order valence-electron chi connectivity index (χ1n) is 9.16. The van der Waals surface area contributed by atoms with E-state index in [1.807, 2.05) is 17.0 Å². The minimum atomic E-state index is -0.516. The van der Waals surface area contributed by atoms with E-state index in [-0.39, 0.29) is 12.1 Å². The summed E-state index contributed by atoms with van der Waals surface area (Å²) in [5.74, 6) is -0.0142. The van der Waals surface area contributed by atoms with Gasteiger partial charge in [-0.2, -0.15) is 0 Å². The van der Waals surface area contributed by atoms with Crippen LogP contribution < -0.4 is 10.5 Å². The maximum absolute atomic E-state index is 12.6. The smallest absolute Gasteiger partial charge is 0.410 e. The van der Waals surface area contributed by atoms with Crippen molar-refractivity contribution in [3.63, 3.8) is 0 Å². The average Bonchev–Trinajstić information content (AvgIpc) is 3.02. The van der Waals surface area contributed by atoms with E-state index >= 15 is 0 Å². The second-order valence-electron chi connectivity index (χ2n) is 6.99. The lowest BCUT2D eigenvalue weighted by atomic mass is 10.1. The molecule has 2 bridgehead atoms. The van der Waals surface area contributed by atoms with Gasteiger partial charge in [0.15, 0.2) is 0 Å². The van der Waals surface area contributed by atoms with Gasteiger partial charge in [0.1, 0.15) is 5.75 Å². The summed E-state index contributed by atoms with van der Waals surface area (Å²) in [5, 5.41) is 0. The molecule has 7 heteroatoms. The first-order chi connectivity index (χ1) is 13.1. The first-order valence-corrected chi connectivity index (χ1v) is 9.16. The minimum Gasteiger partial charge on any atom is -0.410 e. The largest absolute Gasteiger partial charge is 0.415 e. The number of carbonyl (C=O) groups is 2. The molecule has 0 atom stereocenters. The van der Waals surface area contributed by atoms with Crippen LogP contribution in [0.15, 0.2) is 42.7 Å². The first kappa shape index (κ1) is 17.5. The minimum absolute atomic E-state index is 0.276. The Labute approximate surface area is 157 Å². The van der Waals surface area contributed by atoms with Gasteiger partial charge >= 0.3 is 6.09 Å². The third-order valence-corrected chi connectivity index (χ3v) is 5.31. The van der Waals surface area contributed by atoms with Gasteiger partial charge in [-0.1, -0.05) is 12.1 Å². The Morgan fingerprint density at radius 2 is 1.74 bits per heavy atom. The zero-order valence-electron chi connectivity index (χ0n) is 15.0. The number of hydrogen-bond donors (Lipinski definition) is 1. The number of nitrogens with two attached hydrogens (primary N) is 1. The quantitative estimate of drug-likeness (QED) is 0.899. The monoisotopic (exact) mass is 366 g/mol. The lowest BCUT2D eigenvalue weighted by molar-refractivity contribution is 0.0999. The van der Waals surface area contributed by atoms with E-state index in [0.717, 1.165) is 43.6 Å². The Kier molecular flexibility index (Phi) is 4.77. The summed E-state index contributed by atoms with van der Waals surface area (Å²) >= 11 is 0. The van der Waals surface area contributed by atoms with Crippen LogP contribution >= 0.6 is 0 Å². The van der Waals surface area contributed by atoms with Crippen molar-refractivity contribution in [1.82, 2.24) is 14.8 Å². The molecule has 0 spiro atoms. The molecule has 3 aliphatic rings. The van der Waals surface area contributed by atoms with Crippen molar-refractivity contribution >= 4 is 12.0 Å². The van der Waals surface area contributed by atoms with Crippen LogP contribution in [0.4, 0.5) is 4.79 Å². The van der Waals surface area contributed by atoms with Crippen molar-refractivity contribution in [2.75, 3.05) is 26.2 Å². The van der Waals surface area contributed by atoms with E-state index in [9.17, 15) is 9.59 Å². The summed E-state index contributed by atoms with van der Waals surface area (Å²) in [6.07, 6.45) is 4.84. The summed E-state index contributed by atoms with van der Waals surface area (Å²) in [6, 6.07) is 9.15. The fourth-order valence-corrected chi connectivity index (χ4v) is 3.73. The Morgan fingerprint density at radius 1 is 1.00 bits per heavy atom. The number of benzene rings is 1. The number of piperidine rings is 1. The number of amides is 2. The molecule has 2 amide bonds. The van der Waals surface area contributed by atoms with Crippen LogP contribution in [0, 0.1) is 0 Å². The van der Waals surface area contributed by atoms with Crippen LogP contribution in [0.3, 0.4) is 0 Å². The number of nitrogens with zero attached hydrogens (tertiary/aromatic N) is 3. The fourth-order valence-electron chi connectivity index (χ4n) is 3.73. The summed E-state index contributed by atoms with van der Waals surface area (Å²) in [5.41, 5.74) is 7.31. The number of aromatic nitrogens is 1. The van der Waals surface area contributed by atoms with Crippen molar-refractivity contribution < 1.29 is 14.3 Å². The lowest BCUT2D eigenvalue weighted by Gasteiger charge is -2.30. The molecule has 1 aromatic carbocycles. The van der Waals surface area contributed by atoms with Gasteiger partial charge in [0.25, 0.3) is 0 Å². The number of carbonyl (C=O) groups excluding carboxylic acids is 2. The van der Waals surface area contributed by atoms with Gasteiger partial charge in [-0.3, -0.25) is 9.78 Å². The van der Waals surface area contributed by atoms with Crippen LogP contribution in [0.1, 0.15) is 23.2 Å². The number of rotatable bonds is 3. The van der Waals surface area contributed by atoms with E-state index in [1.165, 1.54) is 6.20 Å². The number of fused-ring (bicyclic) bond motifs is 4. The summed E-state index contributed by atoms with van der Waals surface area (Å²) < 4.78 is 5.59. The molecular weight excluding hydrogens is 344 g/mol. The molecule has 3 aliphatic heterocycles. The summed E-state index contributed by atoms with van der Waals surface area (Å²) in [6.45, 7) is 3.74. The van der Waals surface area contributed by atoms with Crippen LogP contribution in [-0.4, -0.2) is 59.0 Å². The Morgan fingerprint density at radius 3 is 2.44 bits per heavy atom. The van der Waals surface area contributed by atoms with Gasteiger partial charge in [-0.05, 0) is 36.6 Å². The van der Waals surface area contributed by atoms with E-state index in [0.29, 0.717) is 17.9 Å². The molecule has 3 fully saturated rings. The van der Waals surface area contributed by atoms with Crippen LogP contribution in [-0.2, 0) is 0 Å². The average molecular weight is 366 g/mol. The van der Waals surface area contributed by atoms with Gasteiger partial charge < -0.3 is 20.3 Å². The Bertz CT molecular complexity index is 845. The maximum atomic E-state index is 12.6. The van der Waals surface area contributed by atoms with Crippen molar-refractivity contribution in [2.45, 2.75) is 18.9 Å². The van der Waals surface area contributed by atoms with Crippen molar-refractivity contribution in [3.05, 3.63) is 48.3 Å². The number of primary amides is 1. The third-order valence-electron chi connectivity index (χ3n) is 5.31. The molecule has 1 aromatic heterocycles. The van der Waals surface area contributed by atoms with Crippen LogP contribution in [0.2, 0.25) is 0 Å². The van der Waals surface area contributed by atoms with Gasteiger partial charge in [0.2, 0.25) is 5.91 Å². The van der Waals surface area contributed by atoms with Crippen molar-refractivity contribution in [3.8, 4) is 16.9 Å². The SMILES string of the molecule is NC(=O)c1cncc(-c2ccc(OC(=O)N3CCN4CCC3CC4)cc2)c1. The highest BCUT2D eigenvalue weighted by Gasteiger charge is 2.32. The molecule has 140 valence electrons. The number of ether oxygens (including phenoxy) is 1. The van der Waals surface area contributed by atoms with Gasteiger partial charge in [0.05, 0.1) is 5.56 Å². The standard InChI is InChI=1S/C20H22N4O3/c21-19(25)16-11-15(12-22-13-16)14-1-3-18(4-2-14)27-20(26)24-10-9-23-7-5-17(24)6-8-23/h1-4,11-13,17H,5-10H2,(H2,21,25). The zero-order chi connectivity index (χ0) is 18.8. The van der Waals surface area contributed by atoms with E-state index < -0.39 is 5.91 Å². The normalized spacial score (nSPS) is 21.6. The molecule has 0 saturated carbocycles. The highest BCUT2D eigenvalue weighted by atomic mass is 16.6. The molecular formula is C20H22N4O3. The third kappa shape index (κ3) is 3.78. The maximum Gasteiger partial charge on any atom is 0.415 e. The molecule has 2 N–H and O–H groups in total. The highest BCUT2D eigenvalue weighted by Crippen LogP contribution is 2.25. The summed E-state index contributed by atoms with van der Waals surface area (Å²) in [4.78, 5) is 32.2. The van der Waals surface area contributed by atoms with E-state index in [4.69, 9.17) is 10.5 Å². The molecule has 0 radical (unpaired) electrons. The van der Waals surface area contributed by atoms with Gasteiger partial charge in [-0.25, -0.2) is 4.79 Å². The van der Waals surface area contributed by atoms with Gasteiger partial charge in [-0.15, -0.1) is 0 Å². The van der Waals surface area contributed by atoms with Crippen molar-refractivity contribution in [2.24, 2.45) is 5.73 Å². The predicted molar refractivity (Wildman–Crippen MR) is 100 cm³/mol. The topological polar surface area (TPSA) is 88.8 Å². The zero-order valence-corrected chi connectivity index (χ0v) is 15.0. The van der Waals surface area contributed by atoms with Crippen LogP contribution in [0.25, 0.3) is 11.1 Å². The second kappa shape index (κ2) is 7.36.